The highest BCUT2D eigenvalue weighted by molar-refractivity contribution is 5.94. The zero-order chi connectivity index (χ0) is 21.8. The van der Waals surface area contributed by atoms with Crippen LogP contribution in [0, 0.1) is 27.2 Å². The van der Waals surface area contributed by atoms with Crippen LogP contribution in [-0.4, -0.2) is 25.5 Å². The normalized spacial score (nSPS) is 11.5. The van der Waals surface area contributed by atoms with E-state index >= 15 is 0 Å². The van der Waals surface area contributed by atoms with Gasteiger partial charge in [0, 0.05) is 12.1 Å². The summed E-state index contributed by atoms with van der Waals surface area (Å²) < 4.78 is 6.88. The first kappa shape index (κ1) is 20.5. The highest BCUT2D eigenvalue weighted by Crippen LogP contribution is 2.31. The van der Waals surface area contributed by atoms with Crippen LogP contribution in [0.2, 0.25) is 0 Å². The van der Waals surface area contributed by atoms with Crippen LogP contribution in [0.3, 0.4) is 0 Å². The van der Waals surface area contributed by atoms with E-state index in [4.69, 9.17) is 4.74 Å². The van der Waals surface area contributed by atoms with Gasteiger partial charge in [-0.2, -0.15) is 5.10 Å². The number of nitro groups is 2. The molecule has 1 unspecified atom stereocenters. The lowest BCUT2D eigenvalue weighted by molar-refractivity contribution is -0.385. The van der Waals surface area contributed by atoms with Crippen molar-refractivity contribution in [3.63, 3.8) is 0 Å². The first-order chi connectivity index (χ1) is 14.2. The van der Waals surface area contributed by atoms with Gasteiger partial charge in [-0.15, -0.1) is 0 Å². The molecule has 1 atom stereocenters. The third kappa shape index (κ3) is 4.58. The smallest absolute Gasteiger partial charge is 0.307 e. The number of anilines is 1. The van der Waals surface area contributed by atoms with Crippen LogP contribution < -0.4 is 10.1 Å². The number of hydrogen-bond acceptors (Lipinski definition) is 7. The lowest BCUT2D eigenvalue weighted by Gasteiger charge is -2.14. The second-order valence-corrected chi connectivity index (χ2v) is 6.44. The molecule has 3 aromatic rings. The molecule has 1 aromatic heterocycles. The van der Waals surface area contributed by atoms with E-state index in [9.17, 15) is 25.0 Å². The van der Waals surface area contributed by atoms with Crippen LogP contribution in [0.5, 0.6) is 11.5 Å². The molecule has 0 radical (unpaired) electrons. The molecule has 1 heterocycles. The molecule has 0 bridgehead atoms. The number of benzene rings is 2. The Hall–Kier alpha value is -4.28. The van der Waals surface area contributed by atoms with E-state index in [-0.39, 0.29) is 22.8 Å². The van der Waals surface area contributed by atoms with Crippen molar-refractivity contribution in [1.29, 1.82) is 0 Å². The molecule has 0 saturated carbocycles. The maximum absolute atomic E-state index is 12.5. The molecule has 154 valence electrons. The predicted octanol–water partition coefficient (Wildman–Crippen LogP) is 4.00. The minimum atomic E-state index is -0.890. The monoisotopic (exact) mass is 411 g/mol. The molecule has 0 saturated heterocycles. The Kier molecular flexibility index (Phi) is 5.72. The molecular weight excluding hydrogens is 394 g/mol. The molecule has 1 amide bonds. The van der Waals surface area contributed by atoms with Gasteiger partial charge >= 0.3 is 5.69 Å². The van der Waals surface area contributed by atoms with E-state index in [0.29, 0.717) is 5.75 Å². The summed E-state index contributed by atoms with van der Waals surface area (Å²) in [5.41, 5.74) is 0.465. The van der Waals surface area contributed by atoms with Gasteiger partial charge in [-0.1, -0.05) is 18.2 Å². The van der Waals surface area contributed by atoms with Crippen LogP contribution >= 0.6 is 0 Å². The maximum atomic E-state index is 12.5. The van der Waals surface area contributed by atoms with Crippen LogP contribution in [0.25, 0.3) is 0 Å². The number of para-hydroxylation sites is 1. The second kappa shape index (κ2) is 8.39. The third-order valence-corrected chi connectivity index (χ3v) is 4.27. The fourth-order valence-electron chi connectivity index (χ4n) is 2.62. The van der Waals surface area contributed by atoms with Crippen LogP contribution in [-0.2, 0) is 4.79 Å². The van der Waals surface area contributed by atoms with Crippen molar-refractivity contribution < 1.29 is 19.4 Å². The number of non-ortho nitro benzene ring substituents is 1. The highest BCUT2D eigenvalue weighted by atomic mass is 16.6. The Labute approximate surface area is 170 Å². The van der Waals surface area contributed by atoms with Gasteiger partial charge in [0.05, 0.1) is 21.6 Å². The summed E-state index contributed by atoms with van der Waals surface area (Å²) in [5.74, 6) is 0.138. The number of amides is 1. The van der Waals surface area contributed by atoms with Crippen molar-refractivity contribution in [3.05, 3.63) is 80.7 Å². The summed E-state index contributed by atoms with van der Waals surface area (Å²) in [6.07, 6.45) is 2.16. The lowest BCUT2D eigenvalue weighted by atomic mass is 10.2. The van der Waals surface area contributed by atoms with Crippen LogP contribution in [0.1, 0.15) is 18.5 Å². The number of rotatable bonds is 7. The topological polar surface area (TPSA) is 142 Å². The SMILES string of the molecule is Cc1ccccc1Oc1cc(NC(=O)C(C)n2cc([N+](=O)[O-])cn2)cc([N+](=O)[O-])c1. The number of ether oxygens (including phenoxy) is 1. The van der Waals surface area contributed by atoms with E-state index in [1.54, 1.807) is 12.1 Å². The van der Waals surface area contributed by atoms with E-state index < -0.39 is 21.8 Å². The first-order valence-corrected chi connectivity index (χ1v) is 8.77. The molecular formula is C19H17N5O6. The summed E-state index contributed by atoms with van der Waals surface area (Å²) in [6.45, 7) is 3.33. The van der Waals surface area contributed by atoms with E-state index in [1.807, 2.05) is 19.1 Å². The molecule has 11 nitrogen and oxygen atoms in total. The Bertz CT molecular complexity index is 1130. The number of nitrogens with one attached hydrogen (secondary N) is 1. The second-order valence-electron chi connectivity index (χ2n) is 6.44. The summed E-state index contributed by atoms with van der Waals surface area (Å²) in [5, 5.41) is 28.4. The van der Waals surface area contributed by atoms with Gasteiger partial charge in [-0.25, -0.2) is 0 Å². The molecule has 30 heavy (non-hydrogen) atoms. The van der Waals surface area contributed by atoms with E-state index in [2.05, 4.69) is 10.4 Å². The number of nitro benzene ring substituents is 1. The maximum Gasteiger partial charge on any atom is 0.307 e. The van der Waals surface area contributed by atoms with Gasteiger partial charge in [-0.05, 0) is 25.5 Å². The number of carbonyl (C=O) groups excluding carboxylic acids is 1. The third-order valence-electron chi connectivity index (χ3n) is 4.27. The van der Waals surface area contributed by atoms with Gasteiger partial charge < -0.3 is 10.1 Å². The first-order valence-electron chi connectivity index (χ1n) is 8.77. The molecule has 2 aromatic carbocycles. The molecule has 11 heteroatoms. The fraction of sp³-hybridized carbons (Fsp3) is 0.158. The van der Waals surface area contributed by atoms with Gasteiger partial charge in [0.1, 0.15) is 29.9 Å². The number of hydrogen-bond donors (Lipinski definition) is 1. The Morgan fingerprint density at radius 3 is 2.47 bits per heavy atom. The molecule has 3 rings (SSSR count). The highest BCUT2D eigenvalue weighted by Gasteiger charge is 2.21. The van der Waals surface area contributed by atoms with Crippen molar-refractivity contribution in [2.45, 2.75) is 19.9 Å². The Morgan fingerprint density at radius 1 is 1.13 bits per heavy atom. The zero-order valence-electron chi connectivity index (χ0n) is 16.0. The van der Waals surface area contributed by atoms with Crippen molar-refractivity contribution in [2.24, 2.45) is 0 Å². The average Bonchev–Trinajstić information content (AvgIpc) is 3.19. The standard InChI is InChI=1S/C19H17N5O6/c1-12-5-3-4-6-18(12)30-17-8-14(7-15(9-17)23(26)27)21-19(25)13(2)22-11-16(10-20-22)24(28)29/h3-11,13H,1-2H3,(H,21,25). The van der Waals surface area contributed by atoms with Gasteiger partial charge in [-0.3, -0.25) is 29.7 Å². The largest absolute Gasteiger partial charge is 0.457 e. The fourth-order valence-corrected chi connectivity index (χ4v) is 2.62. The van der Waals surface area contributed by atoms with Crippen LogP contribution in [0.15, 0.2) is 54.9 Å². The van der Waals surface area contributed by atoms with Gasteiger partial charge in [0.2, 0.25) is 5.91 Å². The minimum Gasteiger partial charge on any atom is -0.457 e. The molecule has 0 aliphatic heterocycles. The van der Waals surface area contributed by atoms with Crippen molar-refractivity contribution in [2.75, 3.05) is 5.32 Å². The predicted molar refractivity (Wildman–Crippen MR) is 107 cm³/mol. The van der Waals surface area contributed by atoms with Crippen molar-refractivity contribution >= 4 is 23.0 Å². The van der Waals surface area contributed by atoms with E-state index in [1.165, 1.54) is 25.1 Å². The molecule has 0 fully saturated rings. The Balaban J connectivity index is 1.84. The summed E-state index contributed by atoms with van der Waals surface area (Å²) >= 11 is 0. The molecule has 0 aliphatic carbocycles. The summed E-state index contributed by atoms with van der Waals surface area (Å²) in [6, 6.07) is 10.2. The average molecular weight is 411 g/mol. The van der Waals surface area contributed by atoms with Gasteiger partial charge in [0.15, 0.2) is 0 Å². The summed E-state index contributed by atoms with van der Waals surface area (Å²) in [7, 11) is 0. The minimum absolute atomic E-state index is 0.145. The molecule has 1 N–H and O–H groups in total. The summed E-state index contributed by atoms with van der Waals surface area (Å²) in [4.78, 5) is 33.4. The number of aryl methyl sites for hydroxylation is 1. The number of aromatic nitrogens is 2. The Morgan fingerprint density at radius 2 is 1.83 bits per heavy atom. The zero-order valence-corrected chi connectivity index (χ0v) is 16.0. The number of nitrogens with zero attached hydrogens (tertiary/aromatic N) is 4. The van der Waals surface area contributed by atoms with Gasteiger partial charge in [0.25, 0.3) is 5.69 Å². The quantitative estimate of drug-likeness (QED) is 0.457. The van der Waals surface area contributed by atoms with Crippen LogP contribution in [0.4, 0.5) is 17.1 Å². The number of carbonyl (C=O) groups is 1. The lowest BCUT2D eigenvalue weighted by Crippen LogP contribution is -2.24. The molecule has 0 aliphatic rings. The van der Waals surface area contributed by atoms with E-state index in [0.717, 1.165) is 22.6 Å². The molecule has 0 spiro atoms. The van der Waals surface area contributed by atoms with Crippen molar-refractivity contribution in [1.82, 2.24) is 9.78 Å². The van der Waals surface area contributed by atoms with Crippen molar-refractivity contribution in [3.8, 4) is 11.5 Å².